The van der Waals surface area contributed by atoms with Crippen LogP contribution in [0.5, 0.6) is 0 Å². The van der Waals surface area contributed by atoms with Gasteiger partial charge in [-0.15, -0.1) is 0 Å². The largest absolute Gasteiger partial charge is 0.369 e. The number of anilines is 2. The zero-order chi connectivity index (χ0) is 17.8. The van der Waals surface area contributed by atoms with Crippen molar-refractivity contribution in [1.82, 2.24) is 4.90 Å². The van der Waals surface area contributed by atoms with Gasteiger partial charge in [-0.1, -0.05) is 24.3 Å². The molecule has 0 aliphatic carbocycles. The Morgan fingerprint density at radius 3 is 2.52 bits per heavy atom. The van der Waals surface area contributed by atoms with Gasteiger partial charge in [0.25, 0.3) is 0 Å². The smallest absolute Gasteiger partial charge is 0.238 e. The van der Waals surface area contributed by atoms with Gasteiger partial charge >= 0.3 is 0 Å². The van der Waals surface area contributed by atoms with Crippen LogP contribution in [0, 0.1) is 13.8 Å². The molecular formula is C20H24BrN3O. The maximum Gasteiger partial charge on any atom is 0.238 e. The standard InChI is InChI=1S/C20H24BrN3O/c1-15-7-8-16(2)19(13-15)24-11-9-23(10-12-24)14-20(25)22-18-6-4-3-5-17(18)21/h3-8,13H,9-12,14H2,1-2H3,(H,22,25). The van der Waals surface area contributed by atoms with Crippen molar-refractivity contribution < 1.29 is 4.79 Å². The van der Waals surface area contributed by atoms with Crippen LogP contribution in [0.1, 0.15) is 11.1 Å². The maximum atomic E-state index is 12.3. The van der Waals surface area contributed by atoms with Crippen molar-refractivity contribution in [1.29, 1.82) is 0 Å². The van der Waals surface area contributed by atoms with Crippen molar-refractivity contribution in [3.8, 4) is 0 Å². The number of para-hydroxylation sites is 1. The minimum atomic E-state index is 0.0343. The summed E-state index contributed by atoms with van der Waals surface area (Å²) in [4.78, 5) is 16.9. The maximum absolute atomic E-state index is 12.3. The van der Waals surface area contributed by atoms with E-state index in [0.717, 1.165) is 36.3 Å². The van der Waals surface area contributed by atoms with Crippen LogP contribution in [0.3, 0.4) is 0 Å². The Labute approximate surface area is 158 Å². The van der Waals surface area contributed by atoms with Crippen LogP contribution in [0.4, 0.5) is 11.4 Å². The van der Waals surface area contributed by atoms with E-state index in [-0.39, 0.29) is 5.91 Å². The average Bonchev–Trinajstić information content (AvgIpc) is 2.60. The monoisotopic (exact) mass is 401 g/mol. The second-order valence-electron chi connectivity index (χ2n) is 6.58. The van der Waals surface area contributed by atoms with Crippen LogP contribution in [0.2, 0.25) is 0 Å². The lowest BCUT2D eigenvalue weighted by Gasteiger charge is -2.36. The Hall–Kier alpha value is -1.85. The fourth-order valence-electron chi connectivity index (χ4n) is 3.16. The summed E-state index contributed by atoms with van der Waals surface area (Å²) in [7, 11) is 0. The summed E-state index contributed by atoms with van der Waals surface area (Å²) in [6.45, 7) is 8.42. The van der Waals surface area contributed by atoms with Crippen molar-refractivity contribution in [3.05, 3.63) is 58.1 Å². The number of halogens is 1. The third-order valence-corrected chi connectivity index (χ3v) is 5.28. The fourth-order valence-corrected chi connectivity index (χ4v) is 3.55. The number of nitrogens with zero attached hydrogens (tertiary/aromatic N) is 2. The summed E-state index contributed by atoms with van der Waals surface area (Å²) in [6.07, 6.45) is 0. The highest BCUT2D eigenvalue weighted by Crippen LogP contribution is 2.23. The predicted molar refractivity (Wildman–Crippen MR) is 107 cm³/mol. The first kappa shape index (κ1) is 18.0. The Kier molecular flexibility index (Phi) is 5.76. The predicted octanol–water partition coefficient (Wildman–Crippen LogP) is 3.83. The SMILES string of the molecule is Cc1ccc(C)c(N2CCN(CC(=O)Nc3ccccc3Br)CC2)c1. The van der Waals surface area contributed by atoms with Crippen LogP contribution in [-0.2, 0) is 4.79 Å². The number of nitrogens with one attached hydrogen (secondary N) is 1. The molecule has 4 nitrogen and oxygen atoms in total. The number of carbonyl (C=O) groups excluding carboxylic acids is 1. The molecule has 5 heteroatoms. The van der Waals surface area contributed by atoms with Gasteiger partial charge in [0.15, 0.2) is 0 Å². The molecule has 1 aliphatic heterocycles. The number of rotatable bonds is 4. The molecule has 1 heterocycles. The van der Waals surface area contributed by atoms with Crippen LogP contribution in [0.15, 0.2) is 46.9 Å². The van der Waals surface area contributed by atoms with Crippen molar-refractivity contribution in [2.75, 3.05) is 42.9 Å². The molecule has 0 radical (unpaired) electrons. The van der Waals surface area contributed by atoms with Gasteiger partial charge in [0.2, 0.25) is 5.91 Å². The molecule has 2 aromatic carbocycles. The zero-order valence-corrected chi connectivity index (χ0v) is 16.3. The Balaban J connectivity index is 1.53. The number of hydrogen-bond donors (Lipinski definition) is 1. The molecule has 0 aromatic heterocycles. The molecular weight excluding hydrogens is 378 g/mol. The average molecular weight is 402 g/mol. The van der Waals surface area contributed by atoms with E-state index in [0.29, 0.717) is 6.54 Å². The minimum absolute atomic E-state index is 0.0343. The van der Waals surface area contributed by atoms with E-state index in [1.165, 1.54) is 16.8 Å². The van der Waals surface area contributed by atoms with Crippen molar-refractivity contribution in [3.63, 3.8) is 0 Å². The number of carbonyl (C=O) groups is 1. The van der Waals surface area contributed by atoms with Gasteiger partial charge < -0.3 is 10.2 Å². The second kappa shape index (κ2) is 8.02. The quantitative estimate of drug-likeness (QED) is 0.845. The molecule has 25 heavy (non-hydrogen) atoms. The van der Waals surface area contributed by atoms with Gasteiger partial charge in [-0.3, -0.25) is 9.69 Å². The topological polar surface area (TPSA) is 35.6 Å². The Morgan fingerprint density at radius 1 is 1.08 bits per heavy atom. The van der Waals surface area contributed by atoms with Crippen molar-refractivity contribution in [2.24, 2.45) is 0 Å². The number of hydrogen-bond acceptors (Lipinski definition) is 3. The highest BCUT2D eigenvalue weighted by atomic mass is 79.9. The van der Waals surface area contributed by atoms with E-state index >= 15 is 0 Å². The van der Waals surface area contributed by atoms with E-state index < -0.39 is 0 Å². The summed E-state index contributed by atoms with van der Waals surface area (Å²) >= 11 is 3.46. The van der Waals surface area contributed by atoms with E-state index in [2.05, 4.69) is 63.1 Å². The molecule has 3 rings (SSSR count). The summed E-state index contributed by atoms with van der Waals surface area (Å²) in [5.41, 5.74) is 4.74. The van der Waals surface area contributed by atoms with Crippen LogP contribution < -0.4 is 10.2 Å². The van der Waals surface area contributed by atoms with E-state index in [1.807, 2.05) is 24.3 Å². The molecule has 0 unspecified atom stereocenters. The minimum Gasteiger partial charge on any atom is -0.369 e. The number of benzene rings is 2. The number of aryl methyl sites for hydroxylation is 2. The molecule has 1 aliphatic rings. The summed E-state index contributed by atoms with van der Waals surface area (Å²) in [5.74, 6) is 0.0343. The third-order valence-electron chi connectivity index (χ3n) is 4.59. The van der Waals surface area contributed by atoms with Gasteiger partial charge in [-0.25, -0.2) is 0 Å². The highest BCUT2D eigenvalue weighted by molar-refractivity contribution is 9.10. The van der Waals surface area contributed by atoms with E-state index in [1.54, 1.807) is 0 Å². The summed E-state index contributed by atoms with van der Waals surface area (Å²) in [5, 5.41) is 2.98. The van der Waals surface area contributed by atoms with Gasteiger partial charge in [-0.2, -0.15) is 0 Å². The molecule has 132 valence electrons. The van der Waals surface area contributed by atoms with Gasteiger partial charge in [0.1, 0.15) is 0 Å². The molecule has 2 aromatic rings. The van der Waals surface area contributed by atoms with Crippen LogP contribution in [-0.4, -0.2) is 43.5 Å². The molecule has 0 bridgehead atoms. The normalized spacial score (nSPS) is 15.2. The van der Waals surface area contributed by atoms with Gasteiger partial charge in [0.05, 0.1) is 12.2 Å². The molecule has 1 fully saturated rings. The van der Waals surface area contributed by atoms with E-state index in [9.17, 15) is 4.79 Å². The van der Waals surface area contributed by atoms with Crippen molar-refractivity contribution >= 4 is 33.2 Å². The van der Waals surface area contributed by atoms with Crippen LogP contribution >= 0.6 is 15.9 Å². The lowest BCUT2D eigenvalue weighted by molar-refractivity contribution is -0.117. The lowest BCUT2D eigenvalue weighted by atomic mass is 10.1. The summed E-state index contributed by atoms with van der Waals surface area (Å²) < 4.78 is 0.906. The second-order valence-corrected chi connectivity index (χ2v) is 7.44. The first-order chi connectivity index (χ1) is 12.0. The first-order valence-electron chi connectivity index (χ1n) is 8.62. The molecule has 1 N–H and O–H groups in total. The fraction of sp³-hybridized carbons (Fsp3) is 0.350. The number of piperazine rings is 1. The van der Waals surface area contributed by atoms with Crippen molar-refractivity contribution in [2.45, 2.75) is 13.8 Å². The molecule has 0 saturated carbocycles. The third kappa shape index (κ3) is 4.61. The zero-order valence-electron chi connectivity index (χ0n) is 14.8. The highest BCUT2D eigenvalue weighted by Gasteiger charge is 2.20. The summed E-state index contributed by atoms with van der Waals surface area (Å²) in [6, 6.07) is 14.3. The lowest BCUT2D eigenvalue weighted by Crippen LogP contribution is -2.48. The van der Waals surface area contributed by atoms with Gasteiger partial charge in [0, 0.05) is 36.3 Å². The Bertz CT molecular complexity index is 754. The van der Waals surface area contributed by atoms with E-state index in [4.69, 9.17) is 0 Å². The molecule has 1 amide bonds. The van der Waals surface area contributed by atoms with Gasteiger partial charge in [-0.05, 0) is 59.1 Å². The molecule has 0 spiro atoms. The first-order valence-corrected chi connectivity index (χ1v) is 9.41. The Morgan fingerprint density at radius 2 is 1.80 bits per heavy atom. The molecule has 1 saturated heterocycles. The van der Waals surface area contributed by atoms with Crippen LogP contribution in [0.25, 0.3) is 0 Å². The molecule has 0 atom stereocenters. The number of amides is 1.